The third-order valence-corrected chi connectivity index (χ3v) is 9.88. The van der Waals surface area contributed by atoms with Crippen molar-refractivity contribution in [3.63, 3.8) is 0 Å². The number of Topliss-reactive ketones (excluding diaryl/α,β-unsaturated/α-hetero) is 1. The van der Waals surface area contributed by atoms with E-state index in [0.717, 1.165) is 11.3 Å². The summed E-state index contributed by atoms with van der Waals surface area (Å²) in [6, 6.07) is 21.1. The van der Waals surface area contributed by atoms with Gasteiger partial charge in [0, 0.05) is 42.9 Å². The van der Waals surface area contributed by atoms with Crippen molar-refractivity contribution >= 4 is 62.1 Å². The van der Waals surface area contributed by atoms with E-state index >= 15 is 0 Å². The molecular weight excluding hydrogens is 648 g/mol. The Bertz CT molecular complexity index is 1940. The molecule has 4 atom stereocenters. The Hall–Kier alpha value is -4.96. The molecule has 4 aliphatic rings. The number of rotatable bonds is 5. The number of carbonyl (C=O) groups is 4. The van der Waals surface area contributed by atoms with Crippen molar-refractivity contribution in [3.8, 4) is 5.75 Å². The number of imide groups is 1. The van der Waals surface area contributed by atoms with E-state index in [-0.39, 0.29) is 40.0 Å². The number of halogens is 1. The fraction of sp³-hybridized carbons (Fsp3) is 0.222. The average molecular weight is 678 g/mol. The van der Waals surface area contributed by atoms with Crippen LogP contribution in [0.5, 0.6) is 5.75 Å². The number of hydrogen-bond acceptors (Lipinski definition) is 8. The van der Waals surface area contributed by atoms with Crippen molar-refractivity contribution in [2.24, 2.45) is 28.0 Å². The summed E-state index contributed by atoms with van der Waals surface area (Å²) in [5.74, 6) is -3.53. The number of phenols is 1. The monoisotopic (exact) mass is 676 g/mol. The molecule has 46 heavy (non-hydrogen) atoms. The predicted octanol–water partition coefficient (Wildman–Crippen LogP) is 6.84. The molecule has 0 spiro atoms. The van der Waals surface area contributed by atoms with Crippen LogP contribution >= 0.6 is 15.9 Å². The van der Waals surface area contributed by atoms with Gasteiger partial charge in [0.15, 0.2) is 11.6 Å². The molecule has 10 heteroatoms. The van der Waals surface area contributed by atoms with E-state index in [2.05, 4.69) is 26.2 Å². The summed E-state index contributed by atoms with van der Waals surface area (Å²) in [6.07, 6.45) is 3.75. The van der Waals surface area contributed by atoms with Gasteiger partial charge in [0.25, 0.3) is 0 Å². The van der Waals surface area contributed by atoms with Crippen molar-refractivity contribution in [1.29, 1.82) is 0 Å². The molecule has 0 aromatic heterocycles. The largest absolute Gasteiger partial charge is 0.508 e. The molecule has 3 aromatic rings. The number of allylic oxidation sites excluding steroid dienone is 6. The molecular formula is C36H29BrN4O5. The number of amides is 2. The van der Waals surface area contributed by atoms with Crippen LogP contribution in [0.25, 0.3) is 0 Å². The molecule has 2 amide bonds. The molecule has 7 rings (SSSR count). The second-order valence-corrected chi connectivity index (χ2v) is 13.0. The Morgan fingerprint density at radius 2 is 1.54 bits per heavy atom. The zero-order valence-electron chi connectivity index (χ0n) is 25.1. The number of fused-ring (bicyclic) bond motifs is 3. The lowest BCUT2D eigenvalue weighted by Crippen LogP contribution is -2.39. The standard InChI is InChI=1S/C36H29BrN4O5/c1-40(2)22-10-6-20(7-11-22)38-39-21-8-12-23(13-9-21)41-35(45)26-15-14-25-27(32(26)36(41)46)17-28-33(30(43)18-29(37)34(28)44)31(25)19-4-3-5-24(42)16-19/h3-14,16,18,26-27,31-32,42H,15,17H2,1-2H3. The minimum absolute atomic E-state index is 0.0332. The van der Waals surface area contributed by atoms with Crippen LogP contribution in [0.2, 0.25) is 0 Å². The summed E-state index contributed by atoms with van der Waals surface area (Å²) >= 11 is 3.24. The van der Waals surface area contributed by atoms with E-state index in [1.54, 1.807) is 48.5 Å². The smallest absolute Gasteiger partial charge is 0.238 e. The average Bonchev–Trinajstić information content (AvgIpc) is 3.31. The number of aromatic hydroxyl groups is 1. The summed E-state index contributed by atoms with van der Waals surface area (Å²) in [6.45, 7) is 0. The number of benzene rings is 3. The highest BCUT2D eigenvalue weighted by Gasteiger charge is 2.56. The van der Waals surface area contributed by atoms with Gasteiger partial charge in [-0.15, -0.1) is 0 Å². The van der Waals surface area contributed by atoms with Gasteiger partial charge in [0.05, 0.1) is 33.4 Å². The van der Waals surface area contributed by atoms with Crippen LogP contribution in [0.15, 0.2) is 116 Å². The summed E-state index contributed by atoms with van der Waals surface area (Å²) in [5, 5.41) is 18.9. The molecule has 3 aromatic carbocycles. The predicted molar refractivity (Wildman–Crippen MR) is 177 cm³/mol. The van der Waals surface area contributed by atoms with Gasteiger partial charge in [-0.05, 0) is 101 Å². The summed E-state index contributed by atoms with van der Waals surface area (Å²) < 4.78 is 0.170. The van der Waals surface area contributed by atoms with Crippen LogP contribution in [-0.2, 0) is 19.2 Å². The third kappa shape index (κ3) is 4.93. The summed E-state index contributed by atoms with van der Waals surface area (Å²) in [5.41, 5.74) is 4.96. The molecule has 9 nitrogen and oxygen atoms in total. The lowest BCUT2D eigenvalue weighted by atomic mass is 9.59. The van der Waals surface area contributed by atoms with E-state index < -0.39 is 23.7 Å². The number of carbonyl (C=O) groups excluding carboxylic acids is 4. The van der Waals surface area contributed by atoms with Crippen LogP contribution in [0.3, 0.4) is 0 Å². The fourth-order valence-corrected chi connectivity index (χ4v) is 7.59. The van der Waals surface area contributed by atoms with E-state index in [4.69, 9.17) is 0 Å². The Morgan fingerprint density at radius 1 is 0.870 bits per heavy atom. The van der Waals surface area contributed by atoms with Crippen LogP contribution in [0, 0.1) is 17.8 Å². The van der Waals surface area contributed by atoms with Gasteiger partial charge in [0.1, 0.15) is 5.75 Å². The van der Waals surface area contributed by atoms with Crippen molar-refractivity contribution in [1.82, 2.24) is 0 Å². The van der Waals surface area contributed by atoms with Crippen LogP contribution in [-0.4, -0.2) is 42.6 Å². The zero-order chi connectivity index (χ0) is 32.3. The maximum Gasteiger partial charge on any atom is 0.238 e. The highest BCUT2D eigenvalue weighted by atomic mass is 79.9. The number of ketones is 2. The fourth-order valence-electron chi connectivity index (χ4n) is 7.15. The van der Waals surface area contributed by atoms with Crippen molar-refractivity contribution in [2.45, 2.75) is 18.8 Å². The summed E-state index contributed by atoms with van der Waals surface area (Å²) in [7, 11) is 3.93. The third-order valence-electron chi connectivity index (χ3n) is 9.29. The topological polar surface area (TPSA) is 120 Å². The SMILES string of the molecule is CN(C)c1ccc(N=Nc2ccc(N3C(=O)C4CC=C5C(c6cccc(O)c6)C6=C(CC5C4C3=O)C(=O)C(Br)=CC6=O)cc2)cc1. The molecule has 1 saturated heterocycles. The molecule has 1 aliphatic heterocycles. The minimum atomic E-state index is -0.696. The lowest BCUT2D eigenvalue weighted by molar-refractivity contribution is -0.123. The molecule has 1 fully saturated rings. The van der Waals surface area contributed by atoms with Gasteiger partial charge < -0.3 is 10.0 Å². The molecule has 230 valence electrons. The van der Waals surface area contributed by atoms with Crippen LogP contribution in [0.1, 0.15) is 24.3 Å². The molecule has 0 saturated carbocycles. The highest BCUT2D eigenvalue weighted by Crippen LogP contribution is 2.55. The van der Waals surface area contributed by atoms with Crippen LogP contribution in [0.4, 0.5) is 22.7 Å². The molecule has 0 bridgehead atoms. The zero-order valence-corrected chi connectivity index (χ0v) is 26.6. The Morgan fingerprint density at radius 3 is 2.20 bits per heavy atom. The molecule has 4 unspecified atom stereocenters. The maximum absolute atomic E-state index is 14.1. The number of nitrogens with zero attached hydrogens (tertiary/aromatic N) is 4. The first-order valence-electron chi connectivity index (χ1n) is 15.0. The summed E-state index contributed by atoms with van der Waals surface area (Å²) in [4.78, 5) is 57.9. The van der Waals surface area contributed by atoms with Gasteiger partial charge in [0.2, 0.25) is 11.8 Å². The number of hydrogen-bond donors (Lipinski definition) is 1. The Balaban J connectivity index is 1.19. The van der Waals surface area contributed by atoms with Gasteiger partial charge >= 0.3 is 0 Å². The van der Waals surface area contributed by atoms with E-state index in [1.165, 1.54) is 11.0 Å². The first-order chi connectivity index (χ1) is 22.1. The van der Waals surface area contributed by atoms with Gasteiger partial charge in [-0.2, -0.15) is 10.2 Å². The normalized spacial score (nSPS) is 24.1. The Labute approximate surface area is 273 Å². The first-order valence-corrected chi connectivity index (χ1v) is 15.8. The van der Waals surface area contributed by atoms with E-state index in [9.17, 15) is 24.3 Å². The molecule has 1 N–H and O–H groups in total. The van der Waals surface area contributed by atoms with E-state index in [0.29, 0.717) is 40.2 Å². The lowest BCUT2D eigenvalue weighted by Gasteiger charge is -2.42. The van der Waals surface area contributed by atoms with Crippen molar-refractivity contribution in [3.05, 3.63) is 112 Å². The van der Waals surface area contributed by atoms with E-state index in [1.807, 2.05) is 49.3 Å². The van der Waals surface area contributed by atoms with Crippen molar-refractivity contribution in [2.75, 3.05) is 23.9 Å². The van der Waals surface area contributed by atoms with Crippen molar-refractivity contribution < 1.29 is 24.3 Å². The molecule has 3 aliphatic carbocycles. The Kier molecular flexibility index (Phi) is 7.39. The maximum atomic E-state index is 14.1. The second kappa shape index (κ2) is 11.4. The minimum Gasteiger partial charge on any atom is -0.508 e. The second-order valence-electron chi connectivity index (χ2n) is 12.1. The molecule has 1 heterocycles. The molecule has 0 radical (unpaired) electrons. The number of azo groups is 1. The number of anilines is 2. The first kappa shape index (κ1) is 29.7. The van der Waals surface area contributed by atoms with Crippen LogP contribution < -0.4 is 9.80 Å². The highest BCUT2D eigenvalue weighted by molar-refractivity contribution is 9.12. The van der Waals surface area contributed by atoms with Gasteiger partial charge in [-0.3, -0.25) is 24.1 Å². The quantitative estimate of drug-likeness (QED) is 0.137. The van der Waals surface area contributed by atoms with Gasteiger partial charge in [-0.25, -0.2) is 0 Å². The number of phenolic OH excluding ortho intramolecular Hbond substituents is 1. The van der Waals surface area contributed by atoms with Gasteiger partial charge in [-0.1, -0.05) is 23.8 Å².